The average molecular weight is 297 g/mol. The highest BCUT2D eigenvalue weighted by Crippen LogP contribution is 2.38. The van der Waals surface area contributed by atoms with Crippen LogP contribution in [0.4, 0.5) is 4.79 Å². The van der Waals surface area contributed by atoms with Gasteiger partial charge in [-0.25, -0.2) is 4.79 Å². The van der Waals surface area contributed by atoms with Gasteiger partial charge in [0.2, 0.25) is 0 Å². The van der Waals surface area contributed by atoms with Crippen molar-refractivity contribution in [1.29, 1.82) is 0 Å². The Kier molecular flexibility index (Phi) is 4.54. The molecule has 2 heterocycles. The van der Waals surface area contributed by atoms with Crippen LogP contribution < -0.4 is 5.73 Å². The molecular weight excluding hydrogens is 266 g/mol. The van der Waals surface area contributed by atoms with E-state index in [4.69, 9.17) is 10.5 Å². The maximum absolute atomic E-state index is 12.4. The Balaban J connectivity index is 2.14. The van der Waals surface area contributed by atoms with Crippen LogP contribution in [0.3, 0.4) is 0 Å². The fraction of sp³-hybridized carbons (Fsp3) is 0.938. The number of hydrogen-bond donors (Lipinski definition) is 1. The fourth-order valence-corrected chi connectivity index (χ4v) is 3.84. The molecule has 0 bridgehead atoms. The molecule has 0 aromatic heterocycles. The van der Waals surface area contributed by atoms with E-state index in [0.29, 0.717) is 12.6 Å². The van der Waals surface area contributed by atoms with Crippen molar-refractivity contribution in [2.45, 2.75) is 77.1 Å². The molecule has 2 N–H and O–H groups in total. The smallest absolute Gasteiger partial charge is 0.410 e. The van der Waals surface area contributed by atoms with Gasteiger partial charge in [-0.1, -0.05) is 0 Å². The first kappa shape index (κ1) is 16.6. The van der Waals surface area contributed by atoms with Crippen LogP contribution in [-0.4, -0.2) is 58.8 Å². The molecule has 0 saturated carbocycles. The molecule has 5 heteroatoms. The summed E-state index contributed by atoms with van der Waals surface area (Å²) in [6.07, 6.45) is 2.88. The van der Waals surface area contributed by atoms with Gasteiger partial charge < -0.3 is 15.4 Å². The lowest BCUT2D eigenvalue weighted by atomic mass is 9.82. The van der Waals surface area contributed by atoms with Gasteiger partial charge in [-0.2, -0.15) is 0 Å². The zero-order valence-corrected chi connectivity index (χ0v) is 14.2. The molecule has 2 aliphatic heterocycles. The summed E-state index contributed by atoms with van der Waals surface area (Å²) in [5, 5.41) is 0. The molecule has 2 unspecified atom stereocenters. The van der Waals surface area contributed by atoms with E-state index in [0.717, 1.165) is 32.4 Å². The third-order valence-corrected chi connectivity index (χ3v) is 4.72. The molecule has 2 saturated heterocycles. The molecule has 122 valence electrons. The zero-order chi connectivity index (χ0) is 15.8. The van der Waals surface area contributed by atoms with Crippen LogP contribution in [-0.2, 0) is 4.74 Å². The van der Waals surface area contributed by atoms with Crippen molar-refractivity contribution in [3.05, 3.63) is 0 Å². The number of nitrogens with zero attached hydrogens (tertiary/aromatic N) is 2. The van der Waals surface area contributed by atoms with Gasteiger partial charge in [0.15, 0.2) is 0 Å². The third-order valence-electron chi connectivity index (χ3n) is 4.72. The molecule has 2 aliphatic rings. The number of rotatable bonds is 1. The quantitative estimate of drug-likeness (QED) is 0.806. The molecular formula is C16H31N3O2. The van der Waals surface area contributed by atoms with E-state index < -0.39 is 5.60 Å². The van der Waals surface area contributed by atoms with Gasteiger partial charge in [-0.05, 0) is 53.9 Å². The van der Waals surface area contributed by atoms with Gasteiger partial charge in [-0.15, -0.1) is 0 Å². The second-order valence-corrected chi connectivity index (χ2v) is 7.79. The van der Waals surface area contributed by atoms with E-state index in [1.54, 1.807) is 0 Å². The topological polar surface area (TPSA) is 58.8 Å². The van der Waals surface area contributed by atoms with Gasteiger partial charge in [0, 0.05) is 31.7 Å². The summed E-state index contributed by atoms with van der Waals surface area (Å²) in [7, 11) is 0. The Labute approximate surface area is 128 Å². The lowest BCUT2D eigenvalue weighted by Gasteiger charge is -2.49. The summed E-state index contributed by atoms with van der Waals surface area (Å²) in [5.41, 5.74) is 5.93. The molecule has 2 atom stereocenters. The van der Waals surface area contributed by atoms with Crippen molar-refractivity contribution in [3.8, 4) is 0 Å². The average Bonchev–Trinajstić information content (AvgIpc) is 2.65. The van der Waals surface area contributed by atoms with E-state index in [2.05, 4.69) is 18.7 Å². The molecule has 21 heavy (non-hydrogen) atoms. The largest absolute Gasteiger partial charge is 0.444 e. The van der Waals surface area contributed by atoms with E-state index in [1.165, 1.54) is 0 Å². The minimum Gasteiger partial charge on any atom is -0.444 e. The number of nitrogens with two attached hydrogens (primary N) is 1. The van der Waals surface area contributed by atoms with Crippen LogP contribution in [0.5, 0.6) is 0 Å². The first-order valence-corrected chi connectivity index (χ1v) is 8.16. The number of ether oxygens (including phenoxy) is 1. The zero-order valence-electron chi connectivity index (χ0n) is 14.2. The summed E-state index contributed by atoms with van der Waals surface area (Å²) in [5.74, 6) is 0. The van der Waals surface area contributed by atoms with Crippen molar-refractivity contribution >= 4 is 6.09 Å². The van der Waals surface area contributed by atoms with E-state index in [1.807, 2.05) is 25.7 Å². The van der Waals surface area contributed by atoms with E-state index in [9.17, 15) is 4.79 Å². The molecule has 5 nitrogen and oxygen atoms in total. The van der Waals surface area contributed by atoms with Crippen LogP contribution in [0.25, 0.3) is 0 Å². The highest BCUT2D eigenvalue weighted by Gasteiger charge is 2.51. The summed E-state index contributed by atoms with van der Waals surface area (Å²) in [4.78, 5) is 16.7. The molecule has 2 rings (SSSR count). The van der Waals surface area contributed by atoms with Gasteiger partial charge in [0.1, 0.15) is 5.60 Å². The fourth-order valence-electron chi connectivity index (χ4n) is 3.84. The Morgan fingerprint density at radius 3 is 2.57 bits per heavy atom. The number of hydrogen-bond acceptors (Lipinski definition) is 4. The number of carbonyl (C=O) groups is 1. The normalized spacial score (nSPS) is 31.2. The first-order valence-electron chi connectivity index (χ1n) is 8.16. The molecule has 0 aromatic rings. The second kappa shape index (κ2) is 5.76. The number of amides is 1. The molecule has 0 aromatic carbocycles. The Morgan fingerprint density at radius 2 is 2.00 bits per heavy atom. The van der Waals surface area contributed by atoms with Crippen LogP contribution in [0.2, 0.25) is 0 Å². The number of likely N-dealkylation sites (tertiary alicyclic amines) is 2. The molecule has 1 amide bonds. The Bertz CT molecular complexity index is 391. The van der Waals surface area contributed by atoms with Gasteiger partial charge in [0.05, 0.1) is 5.54 Å². The summed E-state index contributed by atoms with van der Waals surface area (Å²) in [6, 6.07) is 0.599. The van der Waals surface area contributed by atoms with Gasteiger partial charge in [0.25, 0.3) is 0 Å². The van der Waals surface area contributed by atoms with Gasteiger partial charge >= 0.3 is 6.09 Å². The monoisotopic (exact) mass is 297 g/mol. The van der Waals surface area contributed by atoms with Crippen molar-refractivity contribution in [2.75, 3.05) is 19.6 Å². The van der Waals surface area contributed by atoms with Crippen molar-refractivity contribution in [1.82, 2.24) is 9.80 Å². The van der Waals surface area contributed by atoms with E-state index >= 15 is 0 Å². The Morgan fingerprint density at radius 1 is 1.33 bits per heavy atom. The van der Waals surface area contributed by atoms with Crippen LogP contribution in [0.15, 0.2) is 0 Å². The van der Waals surface area contributed by atoms with Crippen molar-refractivity contribution < 1.29 is 9.53 Å². The van der Waals surface area contributed by atoms with Crippen molar-refractivity contribution in [2.24, 2.45) is 5.73 Å². The van der Waals surface area contributed by atoms with Gasteiger partial charge in [-0.3, -0.25) is 4.90 Å². The summed E-state index contributed by atoms with van der Waals surface area (Å²) in [6.45, 7) is 12.7. The number of carbonyl (C=O) groups excluding carboxylic acids is 1. The number of piperidine rings is 1. The third kappa shape index (κ3) is 3.34. The molecule has 0 radical (unpaired) electrons. The molecule has 2 fully saturated rings. The summed E-state index contributed by atoms with van der Waals surface area (Å²) < 4.78 is 5.54. The second-order valence-electron chi connectivity index (χ2n) is 7.79. The SMILES string of the molecule is CC(C)N1CCC(N)C12CCCN(C(=O)OC(C)(C)C)C2. The minimum atomic E-state index is -0.447. The minimum absolute atomic E-state index is 0.0661. The molecule has 1 spiro atoms. The van der Waals surface area contributed by atoms with E-state index in [-0.39, 0.29) is 17.7 Å². The standard InChI is InChI=1S/C16H31N3O2/c1-12(2)19-10-7-13(17)16(19)8-6-9-18(11-16)14(20)21-15(3,4)5/h12-13H,6-11,17H2,1-5H3. The molecule has 0 aliphatic carbocycles. The Hall–Kier alpha value is -0.810. The van der Waals surface area contributed by atoms with Crippen molar-refractivity contribution in [3.63, 3.8) is 0 Å². The lowest BCUT2D eigenvalue weighted by molar-refractivity contribution is -0.0150. The highest BCUT2D eigenvalue weighted by molar-refractivity contribution is 5.68. The van der Waals surface area contributed by atoms with Crippen LogP contribution in [0, 0.1) is 0 Å². The van der Waals surface area contributed by atoms with Crippen LogP contribution >= 0.6 is 0 Å². The lowest BCUT2D eigenvalue weighted by Crippen LogP contribution is -2.64. The highest BCUT2D eigenvalue weighted by atomic mass is 16.6. The van der Waals surface area contributed by atoms with Crippen LogP contribution in [0.1, 0.15) is 53.9 Å². The first-order chi connectivity index (χ1) is 9.66. The summed E-state index contributed by atoms with van der Waals surface area (Å²) >= 11 is 0. The predicted molar refractivity (Wildman–Crippen MR) is 84.2 cm³/mol. The maximum atomic E-state index is 12.4. The predicted octanol–water partition coefficient (Wildman–Crippen LogP) is 2.20. The maximum Gasteiger partial charge on any atom is 0.410 e.